The number of rotatable bonds is 10. The molecule has 0 saturated heterocycles. The molecule has 0 radical (unpaired) electrons. The molecule has 0 aliphatic heterocycles. The van der Waals surface area contributed by atoms with Crippen LogP contribution in [0, 0.1) is 5.92 Å². The van der Waals surface area contributed by atoms with Crippen LogP contribution >= 0.6 is 11.8 Å². The molecule has 5 nitrogen and oxygen atoms in total. The quantitative estimate of drug-likeness (QED) is 0.555. The summed E-state index contributed by atoms with van der Waals surface area (Å²) in [6.45, 7) is 2.66. The van der Waals surface area contributed by atoms with E-state index in [0.29, 0.717) is 25.3 Å². The monoisotopic (exact) mass is 276 g/mol. The Morgan fingerprint density at radius 3 is 2.50 bits per heavy atom. The zero-order chi connectivity index (χ0) is 14.0. The van der Waals surface area contributed by atoms with Crippen LogP contribution in [0.3, 0.4) is 0 Å². The van der Waals surface area contributed by atoms with Crippen molar-refractivity contribution >= 4 is 23.6 Å². The fraction of sp³-hybridized carbons (Fsp3) is 0.833. The Hall–Kier alpha value is -0.750. The van der Waals surface area contributed by atoms with Crippen molar-refractivity contribution in [3.63, 3.8) is 0 Å². The lowest BCUT2D eigenvalue weighted by molar-refractivity contribution is -0.141. The van der Waals surface area contributed by atoms with E-state index in [1.54, 1.807) is 11.8 Å². The first-order chi connectivity index (χ1) is 8.51. The van der Waals surface area contributed by atoms with Gasteiger partial charge in [0.15, 0.2) is 0 Å². The number of nitrogens with two attached hydrogens (primary N) is 1. The number of hydrogen-bond donors (Lipinski definition) is 3. The van der Waals surface area contributed by atoms with E-state index >= 15 is 0 Å². The largest absolute Gasteiger partial charge is 0.480 e. The van der Waals surface area contributed by atoms with Crippen LogP contribution in [0.5, 0.6) is 0 Å². The van der Waals surface area contributed by atoms with Gasteiger partial charge in [0.1, 0.15) is 6.04 Å². The molecule has 0 fully saturated rings. The molecule has 1 amide bonds. The minimum absolute atomic E-state index is 0.188. The Bertz CT molecular complexity index is 262. The van der Waals surface area contributed by atoms with Gasteiger partial charge in [0.2, 0.25) is 5.91 Å². The summed E-state index contributed by atoms with van der Waals surface area (Å²) in [5.41, 5.74) is 5.43. The van der Waals surface area contributed by atoms with Crippen molar-refractivity contribution in [2.24, 2.45) is 11.7 Å². The Labute approximate surface area is 113 Å². The molecule has 18 heavy (non-hydrogen) atoms. The highest BCUT2D eigenvalue weighted by molar-refractivity contribution is 7.98. The predicted molar refractivity (Wildman–Crippen MR) is 74.6 cm³/mol. The van der Waals surface area contributed by atoms with E-state index in [1.807, 2.05) is 13.2 Å². The summed E-state index contributed by atoms with van der Waals surface area (Å²) in [5.74, 6) is -0.0316. The molecule has 0 aromatic heterocycles. The average molecular weight is 276 g/mol. The molecule has 4 N–H and O–H groups in total. The van der Waals surface area contributed by atoms with Gasteiger partial charge in [-0.25, -0.2) is 4.79 Å². The van der Waals surface area contributed by atoms with E-state index in [4.69, 9.17) is 10.8 Å². The second kappa shape index (κ2) is 10.2. The summed E-state index contributed by atoms with van der Waals surface area (Å²) in [6.07, 6.45) is 4.38. The molecule has 0 heterocycles. The summed E-state index contributed by atoms with van der Waals surface area (Å²) >= 11 is 1.57. The smallest absolute Gasteiger partial charge is 0.326 e. The van der Waals surface area contributed by atoms with Crippen molar-refractivity contribution in [3.8, 4) is 0 Å². The van der Waals surface area contributed by atoms with Crippen LogP contribution < -0.4 is 11.1 Å². The molecule has 0 aromatic rings. The van der Waals surface area contributed by atoms with Gasteiger partial charge in [0.05, 0.1) is 0 Å². The SMILES string of the molecule is CSCCC(NC(=O)CCC(C)CCN)C(=O)O. The van der Waals surface area contributed by atoms with E-state index in [-0.39, 0.29) is 5.91 Å². The van der Waals surface area contributed by atoms with E-state index in [9.17, 15) is 9.59 Å². The zero-order valence-corrected chi connectivity index (χ0v) is 12.0. The molecule has 6 heteroatoms. The van der Waals surface area contributed by atoms with E-state index in [1.165, 1.54) is 0 Å². The highest BCUT2D eigenvalue weighted by Crippen LogP contribution is 2.09. The Balaban J connectivity index is 3.98. The van der Waals surface area contributed by atoms with Gasteiger partial charge in [-0.1, -0.05) is 6.92 Å². The molecule has 0 bridgehead atoms. The van der Waals surface area contributed by atoms with Gasteiger partial charge in [0, 0.05) is 6.42 Å². The van der Waals surface area contributed by atoms with E-state index in [2.05, 4.69) is 5.32 Å². The third kappa shape index (κ3) is 8.36. The predicted octanol–water partition coefficient (Wildman–Crippen LogP) is 1.07. The van der Waals surface area contributed by atoms with Crippen molar-refractivity contribution in [2.45, 2.75) is 38.6 Å². The minimum atomic E-state index is -0.965. The summed E-state index contributed by atoms with van der Waals surface area (Å²) in [6, 6.07) is -0.769. The van der Waals surface area contributed by atoms with Crippen LogP contribution in [-0.4, -0.2) is 41.6 Å². The Morgan fingerprint density at radius 1 is 1.33 bits per heavy atom. The lowest BCUT2D eigenvalue weighted by Crippen LogP contribution is -2.41. The first kappa shape index (κ1) is 17.2. The number of aliphatic carboxylic acids is 1. The molecule has 106 valence electrons. The second-order valence-corrected chi connectivity index (χ2v) is 5.45. The summed E-state index contributed by atoms with van der Waals surface area (Å²) < 4.78 is 0. The molecule has 0 aliphatic carbocycles. The van der Waals surface area contributed by atoms with Crippen LogP contribution in [0.2, 0.25) is 0 Å². The maximum atomic E-state index is 11.6. The van der Waals surface area contributed by atoms with Gasteiger partial charge in [-0.3, -0.25) is 4.79 Å². The van der Waals surface area contributed by atoms with Crippen LogP contribution in [-0.2, 0) is 9.59 Å². The number of carboxylic acid groups (broad SMARTS) is 1. The maximum Gasteiger partial charge on any atom is 0.326 e. The number of carbonyl (C=O) groups excluding carboxylic acids is 1. The molecule has 0 saturated carbocycles. The van der Waals surface area contributed by atoms with E-state index in [0.717, 1.165) is 18.6 Å². The molecule has 0 aliphatic rings. The number of thioether (sulfide) groups is 1. The van der Waals surface area contributed by atoms with Crippen LogP contribution in [0.4, 0.5) is 0 Å². The molecule has 0 aromatic carbocycles. The number of carboxylic acids is 1. The average Bonchev–Trinajstić information content (AvgIpc) is 2.32. The first-order valence-electron chi connectivity index (χ1n) is 6.22. The zero-order valence-electron chi connectivity index (χ0n) is 11.1. The third-order valence-electron chi connectivity index (χ3n) is 2.77. The Morgan fingerprint density at radius 2 is 2.00 bits per heavy atom. The van der Waals surface area contributed by atoms with Gasteiger partial charge in [0.25, 0.3) is 0 Å². The summed E-state index contributed by atoms with van der Waals surface area (Å²) in [5, 5.41) is 11.5. The van der Waals surface area contributed by atoms with E-state index < -0.39 is 12.0 Å². The molecule has 2 atom stereocenters. The number of nitrogens with one attached hydrogen (secondary N) is 1. The lowest BCUT2D eigenvalue weighted by Gasteiger charge is -2.15. The van der Waals surface area contributed by atoms with Crippen LogP contribution in [0.25, 0.3) is 0 Å². The van der Waals surface area contributed by atoms with Crippen molar-refractivity contribution in [1.29, 1.82) is 0 Å². The molecule has 0 spiro atoms. The van der Waals surface area contributed by atoms with Crippen LogP contribution in [0.1, 0.15) is 32.6 Å². The highest BCUT2D eigenvalue weighted by atomic mass is 32.2. The molecule has 2 unspecified atom stereocenters. The van der Waals surface area contributed by atoms with Crippen molar-refractivity contribution < 1.29 is 14.7 Å². The van der Waals surface area contributed by atoms with Gasteiger partial charge < -0.3 is 16.2 Å². The highest BCUT2D eigenvalue weighted by Gasteiger charge is 2.19. The molecular formula is C12H24N2O3S. The van der Waals surface area contributed by atoms with Gasteiger partial charge >= 0.3 is 5.97 Å². The minimum Gasteiger partial charge on any atom is -0.480 e. The molecular weight excluding hydrogens is 252 g/mol. The van der Waals surface area contributed by atoms with Crippen molar-refractivity contribution in [3.05, 3.63) is 0 Å². The standard InChI is InChI=1S/C12H24N2O3S/c1-9(5-7-13)3-4-11(15)14-10(12(16)17)6-8-18-2/h9-10H,3-8,13H2,1-2H3,(H,14,15)(H,16,17). The van der Waals surface area contributed by atoms with Crippen LogP contribution in [0.15, 0.2) is 0 Å². The summed E-state index contributed by atoms with van der Waals surface area (Å²) in [7, 11) is 0. The third-order valence-corrected chi connectivity index (χ3v) is 3.41. The number of hydrogen-bond acceptors (Lipinski definition) is 4. The lowest BCUT2D eigenvalue weighted by atomic mass is 10.0. The van der Waals surface area contributed by atoms with Crippen molar-refractivity contribution in [1.82, 2.24) is 5.32 Å². The second-order valence-electron chi connectivity index (χ2n) is 4.46. The fourth-order valence-corrected chi connectivity index (χ4v) is 2.04. The van der Waals surface area contributed by atoms with Crippen molar-refractivity contribution in [2.75, 3.05) is 18.6 Å². The van der Waals surface area contributed by atoms with Gasteiger partial charge in [-0.2, -0.15) is 11.8 Å². The maximum absolute atomic E-state index is 11.6. The number of carbonyl (C=O) groups is 2. The first-order valence-corrected chi connectivity index (χ1v) is 7.61. The summed E-state index contributed by atoms with van der Waals surface area (Å²) in [4.78, 5) is 22.6. The van der Waals surface area contributed by atoms with Gasteiger partial charge in [-0.05, 0) is 43.7 Å². The van der Waals surface area contributed by atoms with Gasteiger partial charge in [-0.15, -0.1) is 0 Å². The fourth-order valence-electron chi connectivity index (χ4n) is 1.57. The topological polar surface area (TPSA) is 92.4 Å². The molecule has 0 rings (SSSR count). The normalized spacial score (nSPS) is 13.9. The Kier molecular flexibility index (Phi) is 9.77. The number of amides is 1.